The van der Waals surface area contributed by atoms with Crippen LogP contribution in [0, 0.1) is 6.92 Å². The quantitative estimate of drug-likeness (QED) is 0.811. The highest BCUT2D eigenvalue weighted by atomic mass is 32.2. The molecule has 1 atom stereocenters. The van der Waals surface area contributed by atoms with Gasteiger partial charge in [0.1, 0.15) is 5.76 Å². The van der Waals surface area contributed by atoms with E-state index in [0.29, 0.717) is 6.04 Å². The molecule has 0 radical (unpaired) electrons. The number of rotatable bonds is 6. The van der Waals surface area contributed by atoms with Gasteiger partial charge in [-0.25, -0.2) is 0 Å². The average Bonchev–Trinajstić information content (AvgIpc) is 2.83. The van der Waals surface area contributed by atoms with Gasteiger partial charge in [0.15, 0.2) is 0 Å². The normalized spacial score (nSPS) is 12.6. The van der Waals surface area contributed by atoms with Crippen LogP contribution < -0.4 is 5.32 Å². The largest absolute Gasteiger partial charge is 0.360 e. The highest BCUT2D eigenvalue weighted by molar-refractivity contribution is 7.98. The van der Waals surface area contributed by atoms with Crippen LogP contribution in [0.2, 0.25) is 0 Å². The lowest BCUT2D eigenvalue weighted by molar-refractivity contribution is 0.391. The topological polar surface area (TPSA) is 38.1 Å². The Morgan fingerprint density at radius 3 is 2.89 bits per heavy atom. The highest BCUT2D eigenvalue weighted by Gasteiger charge is 2.06. The monoisotopic (exact) mass is 276 g/mol. The van der Waals surface area contributed by atoms with Crippen molar-refractivity contribution in [2.75, 3.05) is 6.54 Å². The molecule has 2 rings (SSSR count). The number of nitrogens with zero attached hydrogens (tertiary/aromatic N) is 1. The molecule has 0 bridgehead atoms. The summed E-state index contributed by atoms with van der Waals surface area (Å²) in [4.78, 5) is 1.26. The highest BCUT2D eigenvalue weighted by Crippen LogP contribution is 2.25. The van der Waals surface area contributed by atoms with E-state index in [9.17, 15) is 0 Å². The van der Waals surface area contributed by atoms with Crippen LogP contribution in [0.3, 0.4) is 0 Å². The third kappa shape index (κ3) is 4.11. The lowest BCUT2D eigenvalue weighted by atomic mass is 10.1. The summed E-state index contributed by atoms with van der Waals surface area (Å²) in [6, 6.07) is 11.0. The van der Waals surface area contributed by atoms with Gasteiger partial charge in [-0.15, -0.1) is 11.8 Å². The van der Waals surface area contributed by atoms with Crippen molar-refractivity contribution < 1.29 is 4.52 Å². The summed E-state index contributed by atoms with van der Waals surface area (Å²) in [6.07, 6.45) is 0. The molecule has 0 amide bonds. The van der Waals surface area contributed by atoms with Crippen molar-refractivity contribution in [3.05, 3.63) is 47.3 Å². The molecule has 1 unspecified atom stereocenters. The third-order valence-electron chi connectivity index (χ3n) is 2.93. The fourth-order valence-electron chi connectivity index (χ4n) is 1.94. The van der Waals surface area contributed by atoms with Crippen LogP contribution in [0.5, 0.6) is 0 Å². The number of aromatic nitrogens is 1. The predicted molar refractivity (Wildman–Crippen MR) is 79.3 cm³/mol. The Labute approximate surface area is 118 Å². The number of benzene rings is 1. The Morgan fingerprint density at radius 1 is 1.37 bits per heavy atom. The van der Waals surface area contributed by atoms with Crippen molar-refractivity contribution in [3.8, 4) is 0 Å². The van der Waals surface area contributed by atoms with Crippen LogP contribution in [0.15, 0.2) is 39.8 Å². The summed E-state index contributed by atoms with van der Waals surface area (Å²) in [5, 5.41) is 7.33. The summed E-state index contributed by atoms with van der Waals surface area (Å²) >= 11 is 1.77. The van der Waals surface area contributed by atoms with E-state index >= 15 is 0 Å². The Hall–Kier alpha value is -1.26. The first-order chi connectivity index (χ1) is 9.19. The lowest BCUT2D eigenvalue weighted by Gasteiger charge is -2.13. The second-order valence-corrected chi connectivity index (χ2v) is 5.62. The molecular formula is C15H20N2OS. The molecule has 4 heteroatoms. The summed E-state index contributed by atoms with van der Waals surface area (Å²) in [5.41, 5.74) is 2.26. The van der Waals surface area contributed by atoms with Crippen LogP contribution >= 0.6 is 11.8 Å². The van der Waals surface area contributed by atoms with Gasteiger partial charge in [-0.05, 0) is 38.1 Å². The van der Waals surface area contributed by atoms with Crippen LogP contribution in [0.4, 0.5) is 0 Å². The van der Waals surface area contributed by atoms with Gasteiger partial charge in [0.05, 0.1) is 11.4 Å². The molecule has 1 N–H and O–H groups in total. The Kier molecular flexibility index (Phi) is 5.05. The molecule has 0 spiro atoms. The smallest absolute Gasteiger partial charge is 0.147 e. The third-order valence-corrected chi connectivity index (χ3v) is 3.94. The Balaban J connectivity index is 1.98. The van der Waals surface area contributed by atoms with Gasteiger partial charge >= 0.3 is 0 Å². The molecule has 19 heavy (non-hydrogen) atoms. The Morgan fingerprint density at radius 2 is 2.21 bits per heavy atom. The average molecular weight is 276 g/mol. The van der Waals surface area contributed by atoms with Crippen LogP contribution in [-0.2, 0) is 5.75 Å². The number of nitrogens with one attached hydrogen (secondary N) is 1. The molecule has 1 aromatic carbocycles. The van der Waals surface area contributed by atoms with E-state index in [1.807, 2.05) is 13.0 Å². The second kappa shape index (κ2) is 6.78. The molecule has 102 valence electrons. The molecule has 1 aromatic heterocycles. The van der Waals surface area contributed by atoms with Crippen molar-refractivity contribution in [3.63, 3.8) is 0 Å². The van der Waals surface area contributed by atoms with Gasteiger partial charge < -0.3 is 9.84 Å². The van der Waals surface area contributed by atoms with E-state index < -0.39 is 0 Å². The lowest BCUT2D eigenvalue weighted by Crippen LogP contribution is -2.17. The van der Waals surface area contributed by atoms with E-state index in [1.165, 1.54) is 10.5 Å². The minimum absolute atomic E-state index is 0.387. The Bertz CT molecular complexity index is 524. The van der Waals surface area contributed by atoms with Gasteiger partial charge in [0.2, 0.25) is 0 Å². The summed E-state index contributed by atoms with van der Waals surface area (Å²) in [6.45, 7) is 7.24. The van der Waals surface area contributed by atoms with E-state index in [0.717, 1.165) is 23.8 Å². The second-order valence-electron chi connectivity index (χ2n) is 4.58. The van der Waals surface area contributed by atoms with Gasteiger partial charge in [0.25, 0.3) is 0 Å². The van der Waals surface area contributed by atoms with Crippen molar-refractivity contribution in [1.82, 2.24) is 10.5 Å². The molecule has 2 aromatic rings. The maximum Gasteiger partial charge on any atom is 0.147 e. The summed E-state index contributed by atoms with van der Waals surface area (Å²) < 4.78 is 5.22. The SMILES string of the molecule is CCNC(C)c1cccc(SCc2cc(C)no2)c1. The van der Waals surface area contributed by atoms with Crippen LogP contribution in [0.25, 0.3) is 0 Å². The minimum atomic E-state index is 0.387. The summed E-state index contributed by atoms with van der Waals surface area (Å²) in [7, 11) is 0. The molecule has 0 fully saturated rings. The first kappa shape index (κ1) is 14.2. The molecule has 0 aliphatic carbocycles. The zero-order valence-corrected chi connectivity index (χ0v) is 12.5. The molecule has 1 heterocycles. The van der Waals surface area contributed by atoms with Gasteiger partial charge in [0, 0.05) is 17.0 Å². The van der Waals surface area contributed by atoms with Crippen LogP contribution in [0.1, 0.15) is 36.9 Å². The zero-order chi connectivity index (χ0) is 13.7. The van der Waals surface area contributed by atoms with Gasteiger partial charge in [-0.2, -0.15) is 0 Å². The molecule has 0 aliphatic rings. The van der Waals surface area contributed by atoms with Crippen LogP contribution in [-0.4, -0.2) is 11.7 Å². The first-order valence-electron chi connectivity index (χ1n) is 6.57. The standard InChI is InChI=1S/C15H20N2OS/c1-4-16-12(3)13-6-5-7-15(9-13)19-10-14-8-11(2)17-18-14/h5-9,12,16H,4,10H2,1-3H3. The molecule has 3 nitrogen and oxygen atoms in total. The van der Waals surface area contributed by atoms with Crippen molar-refractivity contribution in [2.24, 2.45) is 0 Å². The van der Waals surface area contributed by atoms with E-state index in [1.54, 1.807) is 11.8 Å². The summed E-state index contributed by atoms with van der Waals surface area (Å²) in [5.74, 6) is 1.74. The number of aryl methyl sites for hydroxylation is 1. The predicted octanol–water partition coefficient (Wildman–Crippen LogP) is 3.95. The minimum Gasteiger partial charge on any atom is -0.360 e. The molecule has 0 aliphatic heterocycles. The number of thioether (sulfide) groups is 1. The first-order valence-corrected chi connectivity index (χ1v) is 7.56. The number of hydrogen-bond donors (Lipinski definition) is 1. The maximum atomic E-state index is 5.22. The molecule has 0 saturated carbocycles. The fourth-order valence-corrected chi connectivity index (χ4v) is 2.78. The fraction of sp³-hybridized carbons (Fsp3) is 0.400. The van der Waals surface area contributed by atoms with Crippen molar-refractivity contribution in [2.45, 2.75) is 37.5 Å². The van der Waals surface area contributed by atoms with E-state index in [2.05, 4.69) is 48.6 Å². The van der Waals surface area contributed by atoms with E-state index in [-0.39, 0.29) is 0 Å². The van der Waals surface area contributed by atoms with E-state index in [4.69, 9.17) is 4.52 Å². The molecular weight excluding hydrogens is 256 g/mol. The van der Waals surface area contributed by atoms with Gasteiger partial charge in [-0.1, -0.05) is 24.2 Å². The number of hydrogen-bond acceptors (Lipinski definition) is 4. The van der Waals surface area contributed by atoms with Crippen molar-refractivity contribution in [1.29, 1.82) is 0 Å². The molecule has 0 saturated heterocycles. The van der Waals surface area contributed by atoms with Gasteiger partial charge in [-0.3, -0.25) is 0 Å². The zero-order valence-electron chi connectivity index (χ0n) is 11.6. The maximum absolute atomic E-state index is 5.22. The van der Waals surface area contributed by atoms with Crippen molar-refractivity contribution >= 4 is 11.8 Å².